The summed E-state index contributed by atoms with van der Waals surface area (Å²) in [5.74, 6) is 0.736. The summed E-state index contributed by atoms with van der Waals surface area (Å²) in [6.07, 6.45) is 1.67. The molecule has 7 nitrogen and oxygen atoms in total. The average Bonchev–Trinajstić information content (AvgIpc) is 2.56. The quantitative estimate of drug-likeness (QED) is 0.825. The first kappa shape index (κ1) is 15.0. The highest BCUT2D eigenvalue weighted by atomic mass is 16.3. The van der Waals surface area contributed by atoms with Crippen LogP contribution in [0.3, 0.4) is 0 Å². The van der Waals surface area contributed by atoms with Gasteiger partial charge >= 0.3 is 0 Å². The van der Waals surface area contributed by atoms with E-state index in [2.05, 4.69) is 20.4 Å². The Bertz CT molecular complexity index is 742. The van der Waals surface area contributed by atoms with Gasteiger partial charge in [-0.15, -0.1) is 0 Å². The molecule has 0 spiro atoms. The first-order valence-corrected chi connectivity index (χ1v) is 7.31. The SMILES string of the molecule is C/C(=N\N1CCNC(=O)C1)c1ccnc(-c2ccc(O)cc2)n1. The molecule has 2 N–H and O–H groups in total. The molecule has 0 bridgehead atoms. The molecular formula is C16H17N5O2. The van der Waals surface area contributed by atoms with Crippen LogP contribution in [0.25, 0.3) is 11.4 Å². The number of piperazine rings is 1. The molecule has 1 fully saturated rings. The van der Waals surface area contributed by atoms with E-state index in [0.717, 1.165) is 11.3 Å². The number of rotatable bonds is 3. The predicted molar refractivity (Wildman–Crippen MR) is 85.9 cm³/mol. The van der Waals surface area contributed by atoms with E-state index in [1.165, 1.54) is 0 Å². The molecule has 0 radical (unpaired) electrons. The van der Waals surface area contributed by atoms with Crippen LogP contribution in [-0.2, 0) is 4.79 Å². The highest BCUT2D eigenvalue weighted by Gasteiger charge is 2.15. The lowest BCUT2D eigenvalue weighted by Crippen LogP contribution is -2.45. The number of hydrogen-bond donors (Lipinski definition) is 2. The zero-order valence-corrected chi connectivity index (χ0v) is 12.7. The lowest BCUT2D eigenvalue weighted by atomic mass is 10.2. The summed E-state index contributed by atoms with van der Waals surface area (Å²) < 4.78 is 0. The Morgan fingerprint density at radius 1 is 1.30 bits per heavy atom. The Morgan fingerprint density at radius 3 is 2.83 bits per heavy atom. The van der Waals surface area contributed by atoms with Gasteiger partial charge in [0.1, 0.15) is 12.3 Å². The van der Waals surface area contributed by atoms with Gasteiger partial charge in [0.25, 0.3) is 0 Å². The number of aromatic hydroxyl groups is 1. The maximum atomic E-state index is 11.4. The van der Waals surface area contributed by atoms with Crippen LogP contribution >= 0.6 is 0 Å². The van der Waals surface area contributed by atoms with Crippen molar-refractivity contribution in [2.45, 2.75) is 6.92 Å². The summed E-state index contributed by atoms with van der Waals surface area (Å²) in [5, 5.41) is 18.3. The Hall–Kier alpha value is -2.96. The van der Waals surface area contributed by atoms with Crippen LogP contribution in [-0.4, -0.2) is 51.3 Å². The third-order valence-electron chi connectivity index (χ3n) is 3.46. The van der Waals surface area contributed by atoms with Crippen LogP contribution in [0.15, 0.2) is 41.6 Å². The third-order valence-corrected chi connectivity index (χ3v) is 3.46. The fraction of sp³-hybridized carbons (Fsp3) is 0.250. The zero-order chi connectivity index (χ0) is 16.2. The molecule has 118 valence electrons. The minimum Gasteiger partial charge on any atom is -0.508 e. The summed E-state index contributed by atoms with van der Waals surface area (Å²) >= 11 is 0. The van der Waals surface area contributed by atoms with E-state index >= 15 is 0 Å². The normalized spacial score (nSPS) is 15.4. The van der Waals surface area contributed by atoms with Crippen LogP contribution in [0.1, 0.15) is 12.6 Å². The van der Waals surface area contributed by atoms with Crippen molar-refractivity contribution in [2.24, 2.45) is 5.10 Å². The molecule has 0 aliphatic carbocycles. The summed E-state index contributed by atoms with van der Waals surface area (Å²) in [6.45, 7) is 3.39. The van der Waals surface area contributed by atoms with Gasteiger partial charge in [-0.3, -0.25) is 9.80 Å². The summed E-state index contributed by atoms with van der Waals surface area (Å²) in [7, 11) is 0. The number of phenolic OH excluding ortho intramolecular Hbond substituents is 1. The second-order valence-electron chi connectivity index (χ2n) is 5.24. The molecule has 1 saturated heterocycles. The van der Waals surface area contributed by atoms with Gasteiger partial charge in [0.15, 0.2) is 5.82 Å². The van der Waals surface area contributed by atoms with Crippen molar-refractivity contribution < 1.29 is 9.90 Å². The van der Waals surface area contributed by atoms with Gasteiger partial charge in [0.2, 0.25) is 5.91 Å². The molecule has 1 amide bonds. The van der Waals surface area contributed by atoms with E-state index in [1.54, 1.807) is 41.5 Å². The van der Waals surface area contributed by atoms with Gasteiger partial charge in [0, 0.05) is 18.3 Å². The van der Waals surface area contributed by atoms with Crippen LogP contribution < -0.4 is 5.32 Å². The number of hydrogen-bond acceptors (Lipinski definition) is 6. The molecule has 23 heavy (non-hydrogen) atoms. The first-order chi connectivity index (χ1) is 11.1. The zero-order valence-electron chi connectivity index (χ0n) is 12.7. The van der Waals surface area contributed by atoms with Gasteiger partial charge < -0.3 is 10.4 Å². The van der Waals surface area contributed by atoms with E-state index in [0.29, 0.717) is 24.6 Å². The van der Waals surface area contributed by atoms with Gasteiger partial charge in [-0.1, -0.05) is 0 Å². The highest BCUT2D eigenvalue weighted by Crippen LogP contribution is 2.18. The van der Waals surface area contributed by atoms with E-state index < -0.39 is 0 Å². The number of phenols is 1. The van der Waals surface area contributed by atoms with Crippen molar-refractivity contribution in [3.63, 3.8) is 0 Å². The van der Waals surface area contributed by atoms with E-state index in [1.807, 2.05) is 6.92 Å². The van der Waals surface area contributed by atoms with Gasteiger partial charge in [-0.2, -0.15) is 5.10 Å². The average molecular weight is 311 g/mol. The number of nitrogens with zero attached hydrogens (tertiary/aromatic N) is 4. The van der Waals surface area contributed by atoms with Crippen LogP contribution in [0.4, 0.5) is 0 Å². The van der Waals surface area contributed by atoms with Gasteiger partial charge in [0.05, 0.1) is 18.0 Å². The number of amides is 1. The number of aromatic nitrogens is 2. The fourth-order valence-electron chi connectivity index (χ4n) is 2.28. The Labute approximate surface area is 133 Å². The molecule has 1 aromatic heterocycles. The van der Waals surface area contributed by atoms with E-state index in [4.69, 9.17) is 0 Å². The van der Waals surface area contributed by atoms with E-state index in [-0.39, 0.29) is 18.2 Å². The highest BCUT2D eigenvalue weighted by molar-refractivity contribution is 5.97. The molecule has 0 saturated carbocycles. The van der Waals surface area contributed by atoms with Gasteiger partial charge in [-0.05, 0) is 37.3 Å². The van der Waals surface area contributed by atoms with Crippen LogP contribution in [0, 0.1) is 0 Å². The lowest BCUT2D eigenvalue weighted by molar-refractivity contribution is -0.124. The maximum absolute atomic E-state index is 11.4. The molecule has 3 rings (SSSR count). The fourth-order valence-corrected chi connectivity index (χ4v) is 2.28. The molecule has 0 atom stereocenters. The number of nitrogens with one attached hydrogen (secondary N) is 1. The number of benzene rings is 1. The summed E-state index contributed by atoms with van der Waals surface area (Å²) in [4.78, 5) is 20.2. The molecule has 1 aliphatic rings. The molecular weight excluding hydrogens is 294 g/mol. The van der Waals surface area contributed by atoms with Crippen LogP contribution in [0.2, 0.25) is 0 Å². The molecule has 0 unspecified atom stereocenters. The monoisotopic (exact) mass is 311 g/mol. The minimum atomic E-state index is -0.0275. The van der Waals surface area contributed by atoms with Crippen molar-refractivity contribution in [1.82, 2.24) is 20.3 Å². The summed E-state index contributed by atoms with van der Waals surface area (Å²) in [6, 6.07) is 8.50. The Balaban J connectivity index is 1.84. The minimum absolute atomic E-state index is 0.0275. The second kappa shape index (κ2) is 6.43. The smallest absolute Gasteiger partial charge is 0.241 e. The van der Waals surface area contributed by atoms with Crippen molar-refractivity contribution in [2.75, 3.05) is 19.6 Å². The molecule has 2 heterocycles. The Kier molecular flexibility index (Phi) is 4.18. The van der Waals surface area contributed by atoms with Crippen LogP contribution in [0.5, 0.6) is 5.75 Å². The lowest BCUT2D eigenvalue weighted by Gasteiger charge is -2.24. The van der Waals surface area contributed by atoms with Crippen molar-refractivity contribution in [3.05, 3.63) is 42.2 Å². The van der Waals surface area contributed by atoms with Crippen molar-refractivity contribution >= 4 is 11.6 Å². The van der Waals surface area contributed by atoms with E-state index in [9.17, 15) is 9.90 Å². The largest absolute Gasteiger partial charge is 0.508 e. The molecule has 1 aliphatic heterocycles. The number of carbonyl (C=O) groups excluding carboxylic acids is 1. The third kappa shape index (κ3) is 3.63. The van der Waals surface area contributed by atoms with Crippen molar-refractivity contribution in [3.8, 4) is 17.1 Å². The predicted octanol–water partition coefficient (Wildman–Crippen LogP) is 1.00. The first-order valence-electron chi connectivity index (χ1n) is 7.31. The Morgan fingerprint density at radius 2 is 2.09 bits per heavy atom. The second-order valence-corrected chi connectivity index (χ2v) is 5.24. The summed E-state index contributed by atoms with van der Waals surface area (Å²) in [5.41, 5.74) is 2.24. The standard InChI is InChI=1S/C16H17N5O2/c1-11(20-21-9-8-17-15(23)10-21)14-6-7-18-16(19-14)12-2-4-13(22)5-3-12/h2-7,22H,8-10H2,1H3,(H,17,23)/b20-11+. The molecule has 7 heteroatoms. The van der Waals surface area contributed by atoms with Gasteiger partial charge in [-0.25, -0.2) is 9.97 Å². The number of hydrazone groups is 1. The number of carbonyl (C=O) groups is 1. The molecule has 2 aromatic rings. The topological polar surface area (TPSA) is 90.7 Å². The molecule has 1 aromatic carbocycles. The van der Waals surface area contributed by atoms with Crippen molar-refractivity contribution in [1.29, 1.82) is 0 Å². The maximum Gasteiger partial charge on any atom is 0.241 e.